The number of halogens is 4. The summed E-state index contributed by atoms with van der Waals surface area (Å²) in [6, 6.07) is 7.04. The molecule has 1 saturated carbocycles. The Kier molecular flexibility index (Phi) is 3.52. The van der Waals surface area contributed by atoms with Gasteiger partial charge in [0.05, 0.1) is 0 Å². The smallest absolute Gasteiger partial charge is 0.359 e. The van der Waals surface area contributed by atoms with Crippen molar-refractivity contribution in [3.63, 3.8) is 0 Å². The van der Waals surface area contributed by atoms with E-state index in [0.29, 0.717) is 5.69 Å². The van der Waals surface area contributed by atoms with E-state index in [1.54, 1.807) is 24.3 Å². The molecule has 0 bridgehead atoms. The van der Waals surface area contributed by atoms with Gasteiger partial charge in [-0.15, -0.1) is 11.6 Å². The fourth-order valence-corrected chi connectivity index (χ4v) is 2.12. The molecule has 0 aliphatic heterocycles. The minimum atomic E-state index is -4.18. The Bertz CT molecular complexity index is 388. The quantitative estimate of drug-likeness (QED) is 0.744. The lowest BCUT2D eigenvalue weighted by molar-refractivity contribution is -0.120. The number of nitrogens with zero attached hydrogens (tertiary/aromatic N) is 1. The molecule has 0 amide bonds. The zero-order chi connectivity index (χ0) is 12.5. The first-order valence-electron chi connectivity index (χ1n) is 5.48. The van der Waals surface area contributed by atoms with Crippen molar-refractivity contribution in [3.05, 3.63) is 29.8 Å². The number of rotatable bonds is 4. The number of benzene rings is 1. The van der Waals surface area contributed by atoms with Crippen molar-refractivity contribution in [2.75, 3.05) is 11.4 Å². The molecule has 0 N–H and O–H groups in total. The average molecular weight is 264 g/mol. The molecule has 1 aliphatic carbocycles. The molecular weight excluding hydrogens is 251 g/mol. The van der Waals surface area contributed by atoms with Crippen molar-refractivity contribution in [3.8, 4) is 0 Å². The molecule has 0 unspecified atom stereocenters. The van der Waals surface area contributed by atoms with Crippen molar-refractivity contribution in [1.29, 1.82) is 0 Å². The normalized spacial score (nSPS) is 16.0. The lowest BCUT2D eigenvalue weighted by Crippen LogP contribution is -2.36. The number of alkyl halides is 4. The Morgan fingerprint density at radius 3 is 2.41 bits per heavy atom. The lowest BCUT2D eigenvalue weighted by atomic mass is 10.1. The Balaban J connectivity index is 2.26. The van der Waals surface area contributed by atoms with E-state index in [4.69, 9.17) is 11.6 Å². The molecule has 1 aromatic rings. The van der Waals surface area contributed by atoms with E-state index in [2.05, 4.69) is 0 Å². The maximum absolute atomic E-state index is 12.5. The van der Waals surface area contributed by atoms with Crippen LogP contribution >= 0.6 is 11.6 Å². The van der Waals surface area contributed by atoms with Crippen molar-refractivity contribution in [2.45, 2.75) is 30.9 Å². The van der Waals surface area contributed by atoms with Crippen LogP contribution in [0.5, 0.6) is 0 Å². The molecule has 0 aromatic heterocycles. The summed E-state index contributed by atoms with van der Waals surface area (Å²) in [6.07, 6.45) is -2.53. The summed E-state index contributed by atoms with van der Waals surface area (Å²) in [5.41, 5.74) is 1.37. The molecule has 5 heteroatoms. The monoisotopic (exact) mass is 263 g/mol. The topological polar surface area (TPSA) is 3.24 Å². The predicted octanol–water partition coefficient (Wildman–Crippen LogP) is 3.96. The SMILES string of the molecule is FC(F)(F)CN(c1ccccc1CCl)C1CC1. The number of hydrogen-bond acceptors (Lipinski definition) is 1. The van der Waals surface area contributed by atoms with E-state index in [1.165, 1.54) is 4.90 Å². The molecule has 1 aromatic carbocycles. The third kappa shape index (κ3) is 3.28. The Labute approximate surface area is 103 Å². The molecule has 0 saturated heterocycles. The number of para-hydroxylation sites is 1. The van der Waals surface area contributed by atoms with Crippen LogP contribution in [0.4, 0.5) is 18.9 Å². The highest BCUT2D eigenvalue weighted by molar-refractivity contribution is 6.17. The van der Waals surface area contributed by atoms with E-state index in [1.807, 2.05) is 0 Å². The summed E-state index contributed by atoms with van der Waals surface area (Å²) in [4.78, 5) is 1.43. The van der Waals surface area contributed by atoms with Gasteiger partial charge in [0.1, 0.15) is 6.54 Å². The van der Waals surface area contributed by atoms with Gasteiger partial charge in [0.2, 0.25) is 0 Å². The second-order valence-electron chi connectivity index (χ2n) is 4.24. The van der Waals surface area contributed by atoms with Gasteiger partial charge < -0.3 is 4.90 Å². The zero-order valence-corrected chi connectivity index (χ0v) is 9.93. The molecule has 17 heavy (non-hydrogen) atoms. The molecule has 0 radical (unpaired) electrons. The van der Waals surface area contributed by atoms with E-state index in [-0.39, 0.29) is 11.9 Å². The fourth-order valence-electron chi connectivity index (χ4n) is 1.89. The zero-order valence-electron chi connectivity index (χ0n) is 9.17. The van der Waals surface area contributed by atoms with Crippen LogP contribution in [0.15, 0.2) is 24.3 Å². The highest BCUT2D eigenvalue weighted by Crippen LogP contribution is 2.36. The van der Waals surface area contributed by atoms with Gasteiger partial charge in [0.25, 0.3) is 0 Å². The Morgan fingerprint density at radius 1 is 1.24 bits per heavy atom. The molecular formula is C12H13ClF3N. The van der Waals surface area contributed by atoms with E-state index in [0.717, 1.165) is 18.4 Å². The maximum atomic E-state index is 12.5. The molecule has 1 aliphatic rings. The van der Waals surface area contributed by atoms with Crippen LogP contribution < -0.4 is 4.90 Å². The first kappa shape index (κ1) is 12.6. The third-order valence-electron chi connectivity index (χ3n) is 2.78. The van der Waals surface area contributed by atoms with Crippen LogP contribution in [0.2, 0.25) is 0 Å². The second kappa shape index (κ2) is 4.77. The van der Waals surface area contributed by atoms with Crippen LogP contribution in [0, 0.1) is 0 Å². The number of hydrogen-bond donors (Lipinski definition) is 0. The lowest BCUT2D eigenvalue weighted by Gasteiger charge is -2.27. The van der Waals surface area contributed by atoms with E-state index in [9.17, 15) is 13.2 Å². The molecule has 0 heterocycles. The Morgan fingerprint density at radius 2 is 1.88 bits per heavy atom. The number of anilines is 1. The fraction of sp³-hybridized carbons (Fsp3) is 0.500. The van der Waals surface area contributed by atoms with Gasteiger partial charge in [0.15, 0.2) is 0 Å². The molecule has 1 nitrogen and oxygen atoms in total. The van der Waals surface area contributed by atoms with E-state index >= 15 is 0 Å². The first-order valence-corrected chi connectivity index (χ1v) is 6.02. The van der Waals surface area contributed by atoms with Crippen LogP contribution in [0.3, 0.4) is 0 Å². The van der Waals surface area contributed by atoms with Crippen LogP contribution in [0.25, 0.3) is 0 Å². The third-order valence-corrected chi connectivity index (χ3v) is 3.07. The largest absolute Gasteiger partial charge is 0.405 e. The summed E-state index contributed by atoms with van der Waals surface area (Å²) in [7, 11) is 0. The van der Waals surface area contributed by atoms with Gasteiger partial charge in [-0.1, -0.05) is 18.2 Å². The van der Waals surface area contributed by atoms with Crippen molar-refractivity contribution in [2.24, 2.45) is 0 Å². The Hall–Kier alpha value is -0.900. The van der Waals surface area contributed by atoms with Crippen LogP contribution in [-0.4, -0.2) is 18.8 Å². The summed E-state index contributed by atoms with van der Waals surface area (Å²) < 4.78 is 37.6. The molecule has 0 atom stereocenters. The van der Waals surface area contributed by atoms with Crippen LogP contribution in [0.1, 0.15) is 18.4 Å². The highest BCUT2D eigenvalue weighted by atomic mass is 35.5. The van der Waals surface area contributed by atoms with Gasteiger partial charge in [-0.2, -0.15) is 13.2 Å². The van der Waals surface area contributed by atoms with E-state index < -0.39 is 12.7 Å². The minimum absolute atomic E-state index is 0.0148. The summed E-state index contributed by atoms with van der Waals surface area (Å²) in [6.45, 7) is -0.897. The summed E-state index contributed by atoms with van der Waals surface area (Å²) in [5.74, 6) is 0.233. The van der Waals surface area contributed by atoms with Crippen LogP contribution in [-0.2, 0) is 5.88 Å². The average Bonchev–Trinajstić information content (AvgIpc) is 3.08. The van der Waals surface area contributed by atoms with Gasteiger partial charge in [-0.3, -0.25) is 0 Å². The predicted molar refractivity (Wildman–Crippen MR) is 62.4 cm³/mol. The van der Waals surface area contributed by atoms with Crippen molar-refractivity contribution >= 4 is 17.3 Å². The van der Waals surface area contributed by atoms with Crippen molar-refractivity contribution < 1.29 is 13.2 Å². The second-order valence-corrected chi connectivity index (χ2v) is 4.50. The minimum Gasteiger partial charge on any atom is -0.359 e. The molecule has 0 spiro atoms. The molecule has 2 rings (SSSR count). The summed E-state index contributed by atoms with van der Waals surface area (Å²) >= 11 is 5.76. The van der Waals surface area contributed by atoms with Gasteiger partial charge in [-0.25, -0.2) is 0 Å². The molecule has 94 valence electrons. The van der Waals surface area contributed by atoms with Gasteiger partial charge in [-0.05, 0) is 24.5 Å². The highest BCUT2D eigenvalue weighted by Gasteiger charge is 2.38. The maximum Gasteiger partial charge on any atom is 0.405 e. The summed E-state index contributed by atoms with van der Waals surface area (Å²) in [5, 5.41) is 0. The molecule has 1 fully saturated rings. The first-order chi connectivity index (χ1) is 8.01. The van der Waals surface area contributed by atoms with Crippen molar-refractivity contribution in [1.82, 2.24) is 0 Å². The van der Waals surface area contributed by atoms with Gasteiger partial charge in [0, 0.05) is 17.6 Å². The van der Waals surface area contributed by atoms with Gasteiger partial charge >= 0.3 is 6.18 Å². The standard InChI is InChI=1S/C12H13ClF3N/c13-7-9-3-1-2-4-11(9)17(10-5-6-10)8-12(14,15)16/h1-4,10H,5-8H2.